The zero-order chi connectivity index (χ0) is 10.8. The summed E-state index contributed by atoms with van der Waals surface area (Å²) in [4.78, 5) is 2.28. The largest absolute Gasteiger partial charge is 0.393 e. The monoisotopic (exact) mass is 222 g/mol. The first-order valence-corrected chi connectivity index (χ1v) is 5.15. The normalized spacial score (nSPS) is 22.6. The molecule has 5 heteroatoms. The summed E-state index contributed by atoms with van der Waals surface area (Å²) < 4.78 is 24.2. The molecule has 0 aromatic rings. The molecule has 2 N–H and O–H groups in total. The van der Waals surface area contributed by atoms with E-state index in [4.69, 9.17) is 18.0 Å². The minimum Gasteiger partial charge on any atom is -0.393 e. The Hall–Kier alpha value is -0.290. The Balaban J connectivity index is 2.42. The van der Waals surface area contributed by atoms with Crippen LogP contribution in [0, 0.1) is 5.41 Å². The Labute approximate surface area is 88.4 Å². The number of hydrogen-bond acceptors (Lipinski definition) is 2. The fourth-order valence-corrected chi connectivity index (χ4v) is 1.87. The average Bonchev–Trinajstić information content (AvgIpc) is 2.08. The fraction of sp³-hybridized carbons (Fsp3) is 0.889. The van der Waals surface area contributed by atoms with Gasteiger partial charge in [-0.25, -0.2) is 8.78 Å². The van der Waals surface area contributed by atoms with E-state index in [1.165, 1.54) is 0 Å². The topological polar surface area (TPSA) is 29.3 Å². The van der Waals surface area contributed by atoms with Gasteiger partial charge in [-0.1, -0.05) is 19.1 Å². The third-order valence-electron chi connectivity index (χ3n) is 2.95. The maximum atomic E-state index is 12.1. The number of thiocarbonyl (C=S) groups is 1. The number of likely N-dealkylation sites (tertiary alicyclic amines) is 1. The van der Waals surface area contributed by atoms with Crippen molar-refractivity contribution in [2.45, 2.75) is 26.2 Å². The molecule has 1 rings (SSSR count). The molecule has 0 saturated carbocycles. The summed E-state index contributed by atoms with van der Waals surface area (Å²) in [5, 5.41) is 0. The van der Waals surface area contributed by atoms with Gasteiger partial charge in [0.25, 0.3) is 6.43 Å². The molecule has 0 spiro atoms. The standard InChI is InChI=1S/C9H16F2N2S/c1-9(8(12)14)2-4-13(5-3-9)6-7(10)11/h7H,2-6H2,1H3,(H2,12,14). The molecule has 1 aliphatic rings. The molecule has 1 aliphatic heterocycles. The van der Waals surface area contributed by atoms with Crippen molar-refractivity contribution in [1.82, 2.24) is 4.90 Å². The molecule has 2 nitrogen and oxygen atoms in total. The van der Waals surface area contributed by atoms with Crippen molar-refractivity contribution in [1.29, 1.82) is 0 Å². The van der Waals surface area contributed by atoms with Crippen LogP contribution in [0.4, 0.5) is 8.78 Å². The molecule has 0 aliphatic carbocycles. The first-order chi connectivity index (χ1) is 6.44. The molecule has 0 atom stereocenters. The van der Waals surface area contributed by atoms with Gasteiger partial charge in [0, 0.05) is 5.41 Å². The smallest absolute Gasteiger partial charge is 0.251 e. The third-order valence-corrected chi connectivity index (χ3v) is 3.44. The van der Waals surface area contributed by atoms with E-state index < -0.39 is 6.43 Å². The SMILES string of the molecule is CC1(C(N)=S)CCN(CC(F)F)CC1. The highest BCUT2D eigenvalue weighted by molar-refractivity contribution is 7.80. The van der Waals surface area contributed by atoms with Gasteiger partial charge in [0.15, 0.2) is 0 Å². The molecule has 0 bridgehead atoms. The number of nitrogens with two attached hydrogens (primary N) is 1. The Morgan fingerprint density at radius 2 is 2.00 bits per heavy atom. The van der Waals surface area contributed by atoms with Crippen molar-refractivity contribution < 1.29 is 8.78 Å². The maximum absolute atomic E-state index is 12.1. The number of piperidine rings is 1. The van der Waals surface area contributed by atoms with Crippen LogP contribution in [-0.4, -0.2) is 35.9 Å². The van der Waals surface area contributed by atoms with Crippen LogP contribution < -0.4 is 5.73 Å². The van der Waals surface area contributed by atoms with Crippen molar-refractivity contribution in [2.24, 2.45) is 11.1 Å². The molecular weight excluding hydrogens is 206 g/mol. The van der Waals surface area contributed by atoms with Crippen LogP contribution in [0.2, 0.25) is 0 Å². The lowest BCUT2D eigenvalue weighted by molar-refractivity contribution is 0.0637. The van der Waals surface area contributed by atoms with Crippen LogP contribution in [0.3, 0.4) is 0 Å². The van der Waals surface area contributed by atoms with E-state index in [0.717, 1.165) is 12.8 Å². The lowest BCUT2D eigenvalue weighted by Crippen LogP contribution is -2.45. The maximum Gasteiger partial charge on any atom is 0.251 e. The number of hydrogen-bond donors (Lipinski definition) is 1. The van der Waals surface area contributed by atoms with Crippen molar-refractivity contribution in [3.05, 3.63) is 0 Å². The number of alkyl halides is 2. The Bertz CT molecular complexity index is 213. The Morgan fingerprint density at radius 1 is 1.50 bits per heavy atom. The van der Waals surface area contributed by atoms with Crippen molar-refractivity contribution in [2.75, 3.05) is 19.6 Å². The average molecular weight is 222 g/mol. The molecule has 82 valence electrons. The van der Waals surface area contributed by atoms with Gasteiger partial charge in [0.05, 0.1) is 11.5 Å². The number of halogens is 2. The zero-order valence-corrected chi connectivity index (χ0v) is 9.12. The van der Waals surface area contributed by atoms with Gasteiger partial charge in [-0.3, -0.25) is 4.90 Å². The van der Waals surface area contributed by atoms with Crippen LogP contribution in [0.25, 0.3) is 0 Å². The van der Waals surface area contributed by atoms with Crippen molar-refractivity contribution >= 4 is 17.2 Å². The molecule has 0 amide bonds. The van der Waals surface area contributed by atoms with Gasteiger partial charge in [-0.05, 0) is 25.9 Å². The second-order valence-electron chi connectivity index (χ2n) is 4.12. The highest BCUT2D eigenvalue weighted by Gasteiger charge is 2.33. The summed E-state index contributed by atoms with van der Waals surface area (Å²) in [6, 6.07) is 0. The van der Waals surface area contributed by atoms with Crippen LogP contribution in [0.5, 0.6) is 0 Å². The predicted molar refractivity (Wildman–Crippen MR) is 56.6 cm³/mol. The van der Waals surface area contributed by atoms with E-state index in [1.807, 2.05) is 6.92 Å². The molecule has 0 aromatic heterocycles. The summed E-state index contributed by atoms with van der Waals surface area (Å²) in [6.07, 6.45) is -0.673. The molecular formula is C9H16F2N2S. The summed E-state index contributed by atoms with van der Waals surface area (Å²) >= 11 is 4.97. The minimum absolute atomic E-state index is 0.131. The summed E-state index contributed by atoms with van der Waals surface area (Å²) in [6.45, 7) is 3.21. The molecule has 14 heavy (non-hydrogen) atoms. The highest BCUT2D eigenvalue weighted by atomic mass is 32.1. The van der Waals surface area contributed by atoms with Crippen LogP contribution in [-0.2, 0) is 0 Å². The van der Waals surface area contributed by atoms with E-state index in [-0.39, 0.29) is 12.0 Å². The van der Waals surface area contributed by atoms with E-state index in [9.17, 15) is 8.78 Å². The van der Waals surface area contributed by atoms with Gasteiger partial charge in [-0.2, -0.15) is 0 Å². The highest BCUT2D eigenvalue weighted by Crippen LogP contribution is 2.31. The first-order valence-electron chi connectivity index (χ1n) is 4.74. The summed E-state index contributed by atoms with van der Waals surface area (Å²) in [5.41, 5.74) is 5.48. The minimum atomic E-state index is -2.25. The Kier molecular flexibility index (Phi) is 3.78. The van der Waals surface area contributed by atoms with Gasteiger partial charge in [0.1, 0.15) is 0 Å². The third kappa shape index (κ3) is 2.85. The molecule has 1 heterocycles. The first kappa shape index (κ1) is 11.8. The molecule has 1 fully saturated rings. The molecule has 1 saturated heterocycles. The zero-order valence-electron chi connectivity index (χ0n) is 8.30. The molecule has 0 unspecified atom stereocenters. The summed E-state index contributed by atoms with van der Waals surface area (Å²) in [5.74, 6) is 0. The quantitative estimate of drug-likeness (QED) is 0.736. The van der Waals surface area contributed by atoms with Gasteiger partial charge < -0.3 is 5.73 Å². The van der Waals surface area contributed by atoms with E-state index in [0.29, 0.717) is 18.1 Å². The van der Waals surface area contributed by atoms with E-state index in [2.05, 4.69) is 0 Å². The fourth-order valence-electron chi connectivity index (χ4n) is 1.67. The van der Waals surface area contributed by atoms with E-state index >= 15 is 0 Å². The van der Waals surface area contributed by atoms with Gasteiger partial charge >= 0.3 is 0 Å². The van der Waals surface area contributed by atoms with Crippen molar-refractivity contribution in [3.8, 4) is 0 Å². The lowest BCUT2D eigenvalue weighted by atomic mass is 9.80. The van der Waals surface area contributed by atoms with Crippen LogP contribution in [0.15, 0.2) is 0 Å². The second-order valence-corrected chi connectivity index (χ2v) is 4.56. The van der Waals surface area contributed by atoms with Gasteiger partial charge in [0.2, 0.25) is 0 Å². The number of nitrogens with zero attached hydrogens (tertiary/aromatic N) is 1. The van der Waals surface area contributed by atoms with Crippen LogP contribution >= 0.6 is 12.2 Å². The lowest BCUT2D eigenvalue weighted by Gasteiger charge is -2.38. The Morgan fingerprint density at radius 3 is 2.36 bits per heavy atom. The predicted octanol–water partition coefficient (Wildman–Crippen LogP) is 1.64. The van der Waals surface area contributed by atoms with E-state index in [1.54, 1.807) is 4.90 Å². The second kappa shape index (κ2) is 4.49. The molecule has 0 aromatic carbocycles. The van der Waals surface area contributed by atoms with Crippen LogP contribution in [0.1, 0.15) is 19.8 Å². The molecule has 0 radical (unpaired) electrons. The summed E-state index contributed by atoms with van der Waals surface area (Å²) in [7, 11) is 0. The van der Waals surface area contributed by atoms with Gasteiger partial charge in [-0.15, -0.1) is 0 Å². The number of rotatable bonds is 3. The van der Waals surface area contributed by atoms with Crippen molar-refractivity contribution in [3.63, 3.8) is 0 Å².